The molecule has 0 aliphatic rings. The van der Waals surface area contributed by atoms with Gasteiger partial charge in [-0.1, -0.05) is 0 Å². The lowest BCUT2D eigenvalue weighted by Gasteiger charge is -2.07. The van der Waals surface area contributed by atoms with Crippen molar-refractivity contribution in [1.29, 1.82) is 0 Å². The number of carbonyl (C=O) groups excluding carboxylic acids is 1. The number of ketones is 1. The first kappa shape index (κ1) is 12.7. The Bertz CT molecular complexity index is 402. The third-order valence-corrected chi connectivity index (χ3v) is 1.88. The topological polar surface area (TPSA) is 26.3 Å². The summed E-state index contributed by atoms with van der Waals surface area (Å²) in [7, 11) is 0. The lowest BCUT2D eigenvalue weighted by Crippen LogP contribution is -2.15. The summed E-state index contributed by atoms with van der Waals surface area (Å²) in [5.74, 6) is -5.16. The molecule has 1 aromatic carbocycles. The molecular weight excluding hydrogens is 221 g/mol. The highest BCUT2D eigenvalue weighted by Crippen LogP contribution is 2.15. The molecular formula is C11H11F3O2. The van der Waals surface area contributed by atoms with Gasteiger partial charge in [-0.2, -0.15) is 0 Å². The van der Waals surface area contributed by atoms with Crippen LogP contribution in [0.25, 0.3) is 0 Å². The number of hydrogen-bond donors (Lipinski definition) is 0. The van der Waals surface area contributed by atoms with Gasteiger partial charge in [0.2, 0.25) is 0 Å². The molecule has 0 aromatic heterocycles. The Kier molecular flexibility index (Phi) is 4.06. The summed E-state index contributed by atoms with van der Waals surface area (Å²) in [6.45, 7) is 3.05. The van der Waals surface area contributed by atoms with Crippen LogP contribution in [0.2, 0.25) is 0 Å². The van der Waals surface area contributed by atoms with Crippen molar-refractivity contribution in [2.75, 3.05) is 6.61 Å². The molecule has 16 heavy (non-hydrogen) atoms. The number of Topliss-reactive ketones (excluding diaryl/α,β-unsaturated/α-hetero) is 1. The van der Waals surface area contributed by atoms with Crippen LogP contribution in [0.4, 0.5) is 13.2 Å². The maximum Gasteiger partial charge on any atom is 0.195 e. The lowest BCUT2D eigenvalue weighted by atomic mass is 10.1. The predicted octanol–water partition coefficient (Wildman–Crippen LogP) is 2.71. The van der Waals surface area contributed by atoms with Crippen LogP contribution in [0, 0.1) is 17.5 Å². The maximum absolute atomic E-state index is 13.1. The Morgan fingerprint density at radius 3 is 2.44 bits per heavy atom. The summed E-state index contributed by atoms with van der Waals surface area (Å²) in [6.07, 6.45) is -0.197. The molecule has 88 valence electrons. The van der Waals surface area contributed by atoms with E-state index in [2.05, 4.69) is 0 Å². The van der Waals surface area contributed by atoms with Crippen LogP contribution < -0.4 is 0 Å². The molecule has 0 unspecified atom stereocenters. The molecule has 0 heterocycles. The van der Waals surface area contributed by atoms with Gasteiger partial charge >= 0.3 is 0 Å². The Morgan fingerprint density at radius 1 is 1.25 bits per heavy atom. The molecule has 0 radical (unpaired) electrons. The molecule has 0 bridgehead atoms. The molecule has 0 aliphatic carbocycles. The van der Waals surface area contributed by atoms with Crippen LogP contribution >= 0.6 is 0 Å². The summed E-state index contributed by atoms with van der Waals surface area (Å²) >= 11 is 0. The number of hydrogen-bond acceptors (Lipinski definition) is 2. The van der Waals surface area contributed by atoms with E-state index in [0.29, 0.717) is 6.07 Å². The molecule has 1 rings (SSSR count). The molecule has 0 amide bonds. The zero-order chi connectivity index (χ0) is 12.3. The molecule has 0 N–H and O–H groups in total. The fraction of sp³-hybridized carbons (Fsp3) is 0.364. The van der Waals surface area contributed by atoms with E-state index < -0.39 is 28.8 Å². The molecule has 5 heteroatoms. The van der Waals surface area contributed by atoms with Crippen molar-refractivity contribution >= 4 is 5.78 Å². The first-order valence-corrected chi connectivity index (χ1v) is 4.71. The van der Waals surface area contributed by atoms with Crippen molar-refractivity contribution in [3.63, 3.8) is 0 Å². The highest BCUT2D eigenvalue weighted by Gasteiger charge is 2.18. The van der Waals surface area contributed by atoms with Crippen molar-refractivity contribution < 1.29 is 22.7 Å². The smallest absolute Gasteiger partial charge is 0.195 e. The molecule has 0 saturated heterocycles. The fourth-order valence-corrected chi connectivity index (χ4v) is 1.06. The van der Waals surface area contributed by atoms with Gasteiger partial charge in [-0.3, -0.25) is 4.79 Å². The molecule has 0 fully saturated rings. The van der Waals surface area contributed by atoms with Gasteiger partial charge in [0.05, 0.1) is 11.7 Å². The molecule has 0 spiro atoms. The second kappa shape index (κ2) is 5.12. The van der Waals surface area contributed by atoms with Crippen molar-refractivity contribution in [1.82, 2.24) is 0 Å². The molecule has 2 nitrogen and oxygen atoms in total. The van der Waals surface area contributed by atoms with Gasteiger partial charge in [0.15, 0.2) is 23.2 Å². The van der Waals surface area contributed by atoms with E-state index in [1.807, 2.05) is 0 Å². The van der Waals surface area contributed by atoms with Gasteiger partial charge in [0, 0.05) is 0 Å². The average molecular weight is 232 g/mol. The van der Waals surface area contributed by atoms with E-state index in [1.165, 1.54) is 0 Å². The summed E-state index contributed by atoms with van der Waals surface area (Å²) < 4.78 is 43.5. The van der Waals surface area contributed by atoms with E-state index >= 15 is 0 Å². The minimum absolute atomic E-state index is 0.197. The van der Waals surface area contributed by atoms with Gasteiger partial charge < -0.3 is 4.74 Å². The van der Waals surface area contributed by atoms with Crippen LogP contribution in [0.3, 0.4) is 0 Å². The van der Waals surface area contributed by atoms with Gasteiger partial charge in [-0.05, 0) is 26.0 Å². The van der Waals surface area contributed by atoms with E-state index in [9.17, 15) is 18.0 Å². The van der Waals surface area contributed by atoms with E-state index in [0.717, 1.165) is 6.07 Å². The third kappa shape index (κ3) is 2.82. The van der Waals surface area contributed by atoms with Crippen LogP contribution in [0.15, 0.2) is 12.1 Å². The SMILES string of the molecule is CC(C)OCC(=O)c1ccc(F)c(F)c1F. The molecule has 0 saturated carbocycles. The van der Waals surface area contributed by atoms with Crippen LogP contribution in [0.5, 0.6) is 0 Å². The molecule has 0 atom stereocenters. The summed E-state index contributed by atoms with van der Waals surface area (Å²) in [5.41, 5.74) is -0.500. The average Bonchev–Trinajstić information content (AvgIpc) is 2.23. The Hall–Kier alpha value is -1.36. The van der Waals surface area contributed by atoms with E-state index in [-0.39, 0.29) is 12.7 Å². The fourth-order valence-electron chi connectivity index (χ4n) is 1.06. The minimum atomic E-state index is -1.64. The maximum atomic E-state index is 13.1. The quantitative estimate of drug-likeness (QED) is 0.589. The first-order valence-electron chi connectivity index (χ1n) is 4.71. The summed E-state index contributed by atoms with van der Waals surface area (Å²) in [6, 6.07) is 1.61. The standard InChI is InChI=1S/C11H11F3O2/c1-6(2)16-5-9(15)7-3-4-8(12)11(14)10(7)13/h3-4,6H,5H2,1-2H3. The Morgan fingerprint density at radius 2 is 1.88 bits per heavy atom. The van der Waals surface area contributed by atoms with Gasteiger partial charge in [0.1, 0.15) is 6.61 Å². The van der Waals surface area contributed by atoms with E-state index in [4.69, 9.17) is 4.74 Å². The summed E-state index contributed by atoms with van der Waals surface area (Å²) in [4.78, 5) is 11.4. The largest absolute Gasteiger partial charge is 0.371 e. The number of halogens is 3. The Labute approximate surface area is 91.0 Å². The first-order chi connectivity index (χ1) is 7.43. The number of benzene rings is 1. The monoisotopic (exact) mass is 232 g/mol. The van der Waals surface area contributed by atoms with E-state index in [1.54, 1.807) is 13.8 Å². The minimum Gasteiger partial charge on any atom is -0.371 e. The normalized spacial score (nSPS) is 10.9. The number of rotatable bonds is 4. The van der Waals surface area contributed by atoms with Gasteiger partial charge in [-0.25, -0.2) is 13.2 Å². The number of carbonyl (C=O) groups is 1. The van der Waals surface area contributed by atoms with Crippen molar-refractivity contribution in [2.45, 2.75) is 20.0 Å². The number of ether oxygens (including phenoxy) is 1. The van der Waals surface area contributed by atoms with Crippen LogP contribution in [0.1, 0.15) is 24.2 Å². The highest BCUT2D eigenvalue weighted by atomic mass is 19.2. The van der Waals surface area contributed by atoms with Crippen LogP contribution in [-0.4, -0.2) is 18.5 Å². The second-order valence-electron chi connectivity index (χ2n) is 3.51. The van der Waals surface area contributed by atoms with Gasteiger partial charge in [0.25, 0.3) is 0 Å². The highest BCUT2D eigenvalue weighted by molar-refractivity contribution is 5.97. The van der Waals surface area contributed by atoms with Crippen molar-refractivity contribution in [3.8, 4) is 0 Å². The van der Waals surface area contributed by atoms with Crippen molar-refractivity contribution in [2.24, 2.45) is 0 Å². The predicted molar refractivity (Wildman–Crippen MR) is 51.7 cm³/mol. The molecule has 0 aliphatic heterocycles. The lowest BCUT2D eigenvalue weighted by molar-refractivity contribution is 0.0580. The molecule has 1 aromatic rings. The summed E-state index contributed by atoms with van der Waals surface area (Å²) in [5, 5.41) is 0. The zero-order valence-corrected chi connectivity index (χ0v) is 8.89. The van der Waals surface area contributed by atoms with Crippen LogP contribution in [-0.2, 0) is 4.74 Å². The zero-order valence-electron chi connectivity index (χ0n) is 8.89. The second-order valence-corrected chi connectivity index (χ2v) is 3.51. The third-order valence-electron chi connectivity index (χ3n) is 1.88. The Balaban J connectivity index is 2.88. The van der Waals surface area contributed by atoms with Crippen molar-refractivity contribution in [3.05, 3.63) is 35.1 Å². The van der Waals surface area contributed by atoms with Gasteiger partial charge in [-0.15, -0.1) is 0 Å².